The van der Waals surface area contributed by atoms with E-state index in [9.17, 15) is 9.90 Å². The Labute approximate surface area is 180 Å². The van der Waals surface area contributed by atoms with Crippen LogP contribution >= 0.6 is 11.3 Å². The number of carbonyl (C=O) groups is 1. The molecule has 2 atom stereocenters. The van der Waals surface area contributed by atoms with Crippen molar-refractivity contribution in [2.24, 2.45) is 17.8 Å². The van der Waals surface area contributed by atoms with Gasteiger partial charge in [-0.25, -0.2) is 9.97 Å². The molecular weight excluding hydrogens is 400 g/mol. The second-order valence-corrected chi connectivity index (χ2v) is 9.33. The Morgan fingerprint density at radius 1 is 1.27 bits per heavy atom. The van der Waals surface area contributed by atoms with Gasteiger partial charge in [0.2, 0.25) is 5.95 Å². The van der Waals surface area contributed by atoms with E-state index < -0.39 is 11.9 Å². The van der Waals surface area contributed by atoms with E-state index in [1.54, 1.807) is 0 Å². The zero-order valence-electron chi connectivity index (χ0n) is 17.0. The fourth-order valence-corrected chi connectivity index (χ4v) is 5.30. The van der Waals surface area contributed by atoms with Crippen LogP contribution in [0.15, 0.2) is 12.3 Å². The van der Waals surface area contributed by atoms with E-state index in [2.05, 4.69) is 26.3 Å². The molecule has 2 fully saturated rings. The maximum Gasteiger partial charge on any atom is 0.308 e. The SMILES string of the molecule is Cc1cc(Nc2ncc(C#N)s2)nc(N2CC(C(=O)O)CC(C3CCCCC3)C2)n1. The van der Waals surface area contributed by atoms with Gasteiger partial charge in [-0.3, -0.25) is 4.79 Å². The van der Waals surface area contributed by atoms with Crippen LogP contribution in [0, 0.1) is 36.0 Å². The molecule has 1 saturated heterocycles. The van der Waals surface area contributed by atoms with Crippen LogP contribution in [0.4, 0.5) is 16.9 Å². The Hall–Kier alpha value is -2.73. The van der Waals surface area contributed by atoms with Gasteiger partial charge in [0.15, 0.2) is 5.13 Å². The summed E-state index contributed by atoms with van der Waals surface area (Å²) in [5, 5.41) is 22.5. The van der Waals surface area contributed by atoms with Crippen molar-refractivity contribution in [3.63, 3.8) is 0 Å². The van der Waals surface area contributed by atoms with E-state index in [1.165, 1.54) is 49.6 Å². The number of hydrogen-bond donors (Lipinski definition) is 2. The first kappa shape index (κ1) is 20.5. The van der Waals surface area contributed by atoms with Gasteiger partial charge in [-0.15, -0.1) is 0 Å². The van der Waals surface area contributed by atoms with E-state index in [1.807, 2.05) is 17.9 Å². The molecule has 2 aliphatic rings. The highest BCUT2D eigenvalue weighted by atomic mass is 32.1. The van der Waals surface area contributed by atoms with Crippen LogP contribution in [-0.2, 0) is 4.79 Å². The third-order valence-corrected chi connectivity index (χ3v) is 6.94. The van der Waals surface area contributed by atoms with Crippen LogP contribution in [-0.4, -0.2) is 39.1 Å². The number of piperidine rings is 1. The molecule has 2 aromatic heterocycles. The standard InChI is InChI=1S/C21H26N6O2S/c1-13-7-18(26-21-23-10-17(9-22)30-21)25-20(24-13)27-11-15(8-16(12-27)19(28)29)14-5-3-2-4-6-14/h7,10,14-16H,2-6,8,11-12H2,1H3,(H,28,29)(H,23,24,25,26). The Bertz CT molecular complexity index is 949. The molecular formula is C21H26N6O2S. The number of rotatable bonds is 5. The zero-order chi connectivity index (χ0) is 21.1. The first-order valence-electron chi connectivity index (χ1n) is 10.5. The third-order valence-electron chi connectivity index (χ3n) is 6.12. The Balaban J connectivity index is 1.56. The van der Waals surface area contributed by atoms with Crippen LogP contribution in [0.25, 0.3) is 0 Å². The average Bonchev–Trinajstić information content (AvgIpc) is 3.21. The zero-order valence-corrected chi connectivity index (χ0v) is 17.9. The summed E-state index contributed by atoms with van der Waals surface area (Å²) in [6, 6.07) is 3.91. The number of hydrogen-bond acceptors (Lipinski definition) is 8. The van der Waals surface area contributed by atoms with Crippen molar-refractivity contribution in [1.29, 1.82) is 5.26 Å². The molecule has 0 aromatic carbocycles. The van der Waals surface area contributed by atoms with E-state index in [-0.39, 0.29) is 0 Å². The number of anilines is 3. The van der Waals surface area contributed by atoms with E-state index in [4.69, 9.17) is 5.26 Å². The van der Waals surface area contributed by atoms with Gasteiger partial charge in [0.1, 0.15) is 16.8 Å². The molecule has 2 N–H and O–H groups in total. The second-order valence-electron chi connectivity index (χ2n) is 8.30. The van der Waals surface area contributed by atoms with Crippen LogP contribution in [0.1, 0.15) is 49.1 Å². The van der Waals surface area contributed by atoms with Crippen molar-refractivity contribution in [1.82, 2.24) is 15.0 Å². The van der Waals surface area contributed by atoms with Crippen molar-refractivity contribution in [2.45, 2.75) is 45.4 Å². The normalized spacial score (nSPS) is 22.5. The predicted octanol–water partition coefficient (Wildman–Crippen LogP) is 3.96. The number of nitrogens with zero attached hydrogens (tertiary/aromatic N) is 5. The summed E-state index contributed by atoms with van der Waals surface area (Å²) in [7, 11) is 0. The summed E-state index contributed by atoms with van der Waals surface area (Å²) in [6.07, 6.45) is 8.42. The number of thiazole rings is 1. The summed E-state index contributed by atoms with van der Waals surface area (Å²) in [6.45, 7) is 3.13. The molecule has 3 heterocycles. The lowest BCUT2D eigenvalue weighted by molar-refractivity contribution is -0.142. The Kier molecular flexibility index (Phi) is 6.13. The molecule has 2 unspecified atom stereocenters. The van der Waals surface area contributed by atoms with Crippen molar-refractivity contribution in [3.05, 3.63) is 22.8 Å². The number of aromatic nitrogens is 3. The Morgan fingerprint density at radius 3 is 2.77 bits per heavy atom. The summed E-state index contributed by atoms with van der Waals surface area (Å²) in [4.78, 5) is 27.9. The highest BCUT2D eigenvalue weighted by Crippen LogP contribution is 2.37. The fraction of sp³-hybridized carbons (Fsp3) is 0.571. The monoisotopic (exact) mass is 426 g/mol. The van der Waals surface area contributed by atoms with Gasteiger partial charge in [-0.1, -0.05) is 43.4 Å². The van der Waals surface area contributed by atoms with Gasteiger partial charge < -0.3 is 15.3 Å². The van der Waals surface area contributed by atoms with Gasteiger partial charge in [-0.05, 0) is 25.2 Å². The lowest BCUT2D eigenvalue weighted by Gasteiger charge is -2.41. The summed E-state index contributed by atoms with van der Waals surface area (Å²) < 4.78 is 0. The summed E-state index contributed by atoms with van der Waals surface area (Å²) >= 11 is 1.26. The average molecular weight is 427 g/mol. The molecule has 0 amide bonds. The fourth-order valence-electron chi connectivity index (χ4n) is 4.68. The molecule has 0 spiro atoms. The van der Waals surface area contributed by atoms with Crippen LogP contribution in [0.2, 0.25) is 0 Å². The van der Waals surface area contributed by atoms with Gasteiger partial charge in [0, 0.05) is 24.8 Å². The quantitative estimate of drug-likeness (QED) is 0.738. The molecule has 9 heteroatoms. The number of carboxylic acids is 1. The maximum atomic E-state index is 11.9. The molecule has 1 aliphatic carbocycles. The second kappa shape index (κ2) is 8.96. The number of nitrogens with one attached hydrogen (secondary N) is 1. The van der Waals surface area contributed by atoms with Crippen molar-refractivity contribution in [2.75, 3.05) is 23.3 Å². The summed E-state index contributed by atoms with van der Waals surface area (Å²) in [5.41, 5.74) is 0.797. The molecule has 1 aliphatic heterocycles. The predicted molar refractivity (Wildman–Crippen MR) is 115 cm³/mol. The molecule has 158 valence electrons. The first-order chi connectivity index (χ1) is 14.5. The smallest absolute Gasteiger partial charge is 0.308 e. The van der Waals surface area contributed by atoms with E-state index in [0.717, 1.165) is 18.7 Å². The minimum atomic E-state index is -0.738. The molecule has 0 radical (unpaired) electrons. The first-order valence-corrected chi connectivity index (χ1v) is 11.3. The lowest BCUT2D eigenvalue weighted by atomic mass is 9.74. The van der Waals surface area contributed by atoms with Crippen molar-refractivity contribution < 1.29 is 9.90 Å². The molecule has 0 bridgehead atoms. The van der Waals surface area contributed by atoms with Crippen molar-refractivity contribution >= 4 is 34.2 Å². The van der Waals surface area contributed by atoms with E-state index >= 15 is 0 Å². The maximum absolute atomic E-state index is 11.9. The minimum absolute atomic E-state index is 0.359. The lowest BCUT2D eigenvalue weighted by Crippen LogP contribution is -2.46. The molecule has 1 saturated carbocycles. The van der Waals surface area contributed by atoms with Gasteiger partial charge in [-0.2, -0.15) is 10.2 Å². The summed E-state index contributed by atoms with van der Waals surface area (Å²) in [5.74, 6) is 0.967. The molecule has 2 aromatic rings. The molecule has 4 rings (SSSR count). The molecule has 30 heavy (non-hydrogen) atoms. The largest absolute Gasteiger partial charge is 0.481 e. The number of aliphatic carboxylic acids is 1. The number of carboxylic acid groups (broad SMARTS) is 1. The van der Waals surface area contributed by atoms with Gasteiger partial charge >= 0.3 is 5.97 Å². The highest BCUT2D eigenvalue weighted by molar-refractivity contribution is 7.16. The van der Waals surface area contributed by atoms with E-state index in [0.29, 0.717) is 40.2 Å². The highest BCUT2D eigenvalue weighted by Gasteiger charge is 2.36. The third kappa shape index (κ3) is 4.70. The number of nitriles is 1. The minimum Gasteiger partial charge on any atom is -0.481 e. The van der Waals surface area contributed by atoms with Gasteiger partial charge in [0.25, 0.3) is 0 Å². The topological polar surface area (TPSA) is 115 Å². The van der Waals surface area contributed by atoms with Crippen LogP contribution in [0.5, 0.6) is 0 Å². The van der Waals surface area contributed by atoms with Crippen molar-refractivity contribution in [3.8, 4) is 6.07 Å². The Morgan fingerprint density at radius 2 is 2.07 bits per heavy atom. The van der Waals surface area contributed by atoms with Crippen LogP contribution < -0.4 is 10.2 Å². The van der Waals surface area contributed by atoms with Crippen LogP contribution in [0.3, 0.4) is 0 Å². The molecule has 8 nitrogen and oxygen atoms in total. The van der Waals surface area contributed by atoms with Gasteiger partial charge in [0.05, 0.1) is 12.1 Å². The number of aryl methyl sites for hydroxylation is 1.